The van der Waals surface area contributed by atoms with Crippen molar-refractivity contribution in [1.29, 1.82) is 0 Å². The number of aromatic nitrogens is 4. The number of hydrogen-bond donors (Lipinski definition) is 5. The van der Waals surface area contributed by atoms with Gasteiger partial charge >= 0.3 is 0 Å². The highest BCUT2D eigenvalue weighted by atomic mass is 32.1. The fourth-order valence-electron chi connectivity index (χ4n) is 2.30. The summed E-state index contributed by atoms with van der Waals surface area (Å²) in [7, 11) is 0. The fraction of sp³-hybridized carbons (Fsp3) is 0.500. The number of fused-ring (bicyclic) bond motifs is 1. The number of rotatable bonds is 2. The molecule has 10 heteroatoms. The first-order valence-electron chi connectivity index (χ1n) is 5.95. The molecule has 1 fully saturated rings. The van der Waals surface area contributed by atoms with E-state index in [1.54, 1.807) is 4.57 Å². The van der Waals surface area contributed by atoms with Crippen LogP contribution in [0.25, 0.3) is 11.2 Å². The maximum Gasteiger partial charge on any atom is 0.200 e. The first kappa shape index (κ1) is 13.4. The van der Waals surface area contributed by atoms with Gasteiger partial charge in [-0.1, -0.05) is 12.2 Å². The second kappa shape index (κ2) is 4.75. The maximum absolute atomic E-state index is 10.1. The summed E-state index contributed by atoms with van der Waals surface area (Å²) in [5.41, 5.74) is 12.4. The highest BCUT2D eigenvalue weighted by Gasteiger charge is 2.42. The Morgan fingerprint density at radius 1 is 1.55 bits per heavy atom. The number of anilines is 1. The van der Waals surface area contributed by atoms with Crippen molar-refractivity contribution in [3.8, 4) is 0 Å². The summed E-state index contributed by atoms with van der Waals surface area (Å²) in [5, 5.41) is 19.3. The van der Waals surface area contributed by atoms with E-state index in [4.69, 9.17) is 28.4 Å². The summed E-state index contributed by atoms with van der Waals surface area (Å²) in [5.74, 6) is 0.139. The van der Waals surface area contributed by atoms with E-state index in [0.29, 0.717) is 11.2 Å². The van der Waals surface area contributed by atoms with Crippen molar-refractivity contribution < 1.29 is 14.9 Å². The van der Waals surface area contributed by atoms with Crippen LogP contribution in [0.1, 0.15) is 6.23 Å². The van der Waals surface area contributed by atoms with Crippen LogP contribution in [0.4, 0.5) is 5.95 Å². The lowest BCUT2D eigenvalue weighted by atomic mass is 10.1. The number of nitrogens with two attached hydrogens (primary N) is 2. The number of aliphatic hydroxyl groups is 2. The molecule has 3 rings (SSSR count). The Bertz CT molecular complexity index is 700. The van der Waals surface area contributed by atoms with Gasteiger partial charge in [-0.2, -0.15) is 0 Å². The monoisotopic (exact) mass is 298 g/mol. The van der Waals surface area contributed by atoms with Crippen LogP contribution in [0.3, 0.4) is 0 Å². The van der Waals surface area contributed by atoms with Crippen molar-refractivity contribution in [2.75, 3.05) is 12.3 Å². The van der Waals surface area contributed by atoms with Gasteiger partial charge < -0.3 is 31.4 Å². The zero-order chi connectivity index (χ0) is 14.4. The molecule has 0 radical (unpaired) electrons. The number of nitrogens with zero attached hydrogens (tertiary/aromatic N) is 3. The molecule has 1 aliphatic rings. The molecule has 7 N–H and O–H groups in total. The maximum atomic E-state index is 10.1. The average Bonchev–Trinajstić information content (AvgIpc) is 2.93. The van der Waals surface area contributed by atoms with Gasteiger partial charge in [-0.15, -0.1) is 0 Å². The van der Waals surface area contributed by atoms with Crippen LogP contribution in [0.5, 0.6) is 0 Å². The van der Waals surface area contributed by atoms with Crippen molar-refractivity contribution in [2.24, 2.45) is 5.73 Å². The molecule has 0 unspecified atom stereocenters. The molecule has 108 valence electrons. The zero-order valence-corrected chi connectivity index (χ0v) is 11.1. The van der Waals surface area contributed by atoms with Crippen molar-refractivity contribution in [3.63, 3.8) is 0 Å². The molecule has 0 aromatic carbocycles. The highest BCUT2D eigenvalue weighted by Crippen LogP contribution is 2.30. The second-order valence-corrected chi connectivity index (χ2v) is 4.98. The molecule has 0 amide bonds. The van der Waals surface area contributed by atoms with Crippen LogP contribution in [-0.2, 0) is 4.74 Å². The summed E-state index contributed by atoms with van der Waals surface area (Å²) in [4.78, 5) is 10.9. The third-order valence-corrected chi connectivity index (χ3v) is 3.63. The van der Waals surface area contributed by atoms with E-state index in [-0.39, 0.29) is 17.2 Å². The van der Waals surface area contributed by atoms with Gasteiger partial charge in [0.15, 0.2) is 16.8 Å². The lowest BCUT2D eigenvalue weighted by Crippen LogP contribution is -2.41. The minimum atomic E-state index is -0.985. The van der Waals surface area contributed by atoms with Gasteiger partial charge in [-0.05, 0) is 0 Å². The number of aromatic amines is 1. The quantitative estimate of drug-likeness (QED) is 0.427. The van der Waals surface area contributed by atoms with Crippen LogP contribution in [0, 0.1) is 4.64 Å². The topological polar surface area (TPSA) is 148 Å². The Labute approximate surface area is 118 Å². The molecule has 2 aromatic heterocycles. The normalized spacial score (nSPS) is 30.1. The average molecular weight is 298 g/mol. The number of H-pyrrole nitrogens is 1. The lowest BCUT2D eigenvalue weighted by molar-refractivity contribution is -0.0488. The molecule has 20 heavy (non-hydrogen) atoms. The van der Waals surface area contributed by atoms with E-state index in [1.807, 2.05) is 0 Å². The Kier molecular flexibility index (Phi) is 3.18. The molecular weight excluding hydrogens is 284 g/mol. The summed E-state index contributed by atoms with van der Waals surface area (Å²) in [6.07, 6.45) is -0.951. The molecule has 3 heterocycles. The van der Waals surface area contributed by atoms with Crippen LogP contribution >= 0.6 is 12.2 Å². The van der Waals surface area contributed by atoms with Crippen LogP contribution < -0.4 is 11.5 Å². The predicted molar refractivity (Wildman–Crippen MR) is 72.1 cm³/mol. The van der Waals surface area contributed by atoms with Crippen molar-refractivity contribution in [1.82, 2.24) is 19.5 Å². The van der Waals surface area contributed by atoms with Crippen LogP contribution in [0.15, 0.2) is 6.33 Å². The Morgan fingerprint density at radius 3 is 2.95 bits per heavy atom. The molecule has 0 aliphatic carbocycles. The van der Waals surface area contributed by atoms with Gasteiger partial charge in [0.05, 0.1) is 19.0 Å². The van der Waals surface area contributed by atoms with Crippen molar-refractivity contribution >= 4 is 29.3 Å². The van der Waals surface area contributed by atoms with E-state index in [2.05, 4.69) is 15.0 Å². The lowest BCUT2D eigenvalue weighted by Gasteiger charge is -2.17. The predicted octanol–water partition coefficient (Wildman–Crippen LogP) is -1.35. The zero-order valence-electron chi connectivity index (χ0n) is 10.3. The van der Waals surface area contributed by atoms with E-state index < -0.39 is 24.5 Å². The number of nitrogen functional groups attached to an aromatic ring is 1. The van der Waals surface area contributed by atoms with Crippen molar-refractivity contribution in [3.05, 3.63) is 11.0 Å². The summed E-state index contributed by atoms with van der Waals surface area (Å²) in [6.45, 7) is -0.277. The first-order valence-corrected chi connectivity index (χ1v) is 6.36. The van der Waals surface area contributed by atoms with Crippen LogP contribution in [0.2, 0.25) is 0 Å². The SMILES string of the molecule is Nc1nc(=S)c2ncn([C@@H]3O[C@H](CO)[C@@H](N)[C@H]3O)c2[nH]1. The molecule has 0 bridgehead atoms. The number of nitrogens with one attached hydrogen (secondary N) is 1. The Hall–Kier alpha value is -1.59. The van der Waals surface area contributed by atoms with E-state index in [0.717, 1.165) is 0 Å². The van der Waals surface area contributed by atoms with E-state index >= 15 is 0 Å². The third-order valence-electron chi connectivity index (χ3n) is 3.35. The third kappa shape index (κ3) is 1.89. The fourth-order valence-corrected chi connectivity index (χ4v) is 2.55. The van der Waals surface area contributed by atoms with Gasteiger partial charge in [0.2, 0.25) is 0 Å². The molecular formula is C10H14N6O3S. The van der Waals surface area contributed by atoms with Gasteiger partial charge in [-0.3, -0.25) is 4.57 Å². The molecule has 1 aliphatic heterocycles. The molecule has 1 saturated heterocycles. The highest BCUT2D eigenvalue weighted by molar-refractivity contribution is 7.71. The van der Waals surface area contributed by atoms with Gasteiger partial charge in [0, 0.05) is 0 Å². The van der Waals surface area contributed by atoms with E-state index in [1.165, 1.54) is 6.33 Å². The first-order chi connectivity index (χ1) is 9.52. The molecule has 0 saturated carbocycles. The minimum Gasteiger partial charge on any atom is -0.394 e. The molecule has 4 atom stereocenters. The Morgan fingerprint density at radius 2 is 2.30 bits per heavy atom. The molecule has 2 aromatic rings. The van der Waals surface area contributed by atoms with Gasteiger partial charge in [-0.25, -0.2) is 9.97 Å². The van der Waals surface area contributed by atoms with Crippen LogP contribution in [-0.4, -0.2) is 54.6 Å². The largest absolute Gasteiger partial charge is 0.394 e. The van der Waals surface area contributed by atoms with Gasteiger partial charge in [0.25, 0.3) is 0 Å². The summed E-state index contributed by atoms with van der Waals surface area (Å²) < 4.78 is 7.35. The van der Waals surface area contributed by atoms with E-state index in [9.17, 15) is 10.2 Å². The Balaban J connectivity index is 2.09. The standard InChI is InChI=1S/C10H14N6O3S/c11-4-3(1-17)19-9(6(4)18)16-2-13-5-7(16)14-10(12)15-8(5)20/h2-4,6,9,17-18H,1,11H2,(H3,12,14,15,20)/t3-,4-,6-,9-/m1/s1. The number of hydrogen-bond acceptors (Lipinski definition) is 8. The van der Waals surface area contributed by atoms with Crippen molar-refractivity contribution in [2.45, 2.75) is 24.5 Å². The van der Waals surface area contributed by atoms with Gasteiger partial charge in [0.1, 0.15) is 23.4 Å². The second-order valence-electron chi connectivity index (χ2n) is 4.59. The smallest absolute Gasteiger partial charge is 0.200 e. The number of ether oxygens (including phenoxy) is 1. The molecule has 9 nitrogen and oxygen atoms in total. The number of imidazole rings is 1. The molecule has 0 spiro atoms. The minimum absolute atomic E-state index is 0.139. The summed E-state index contributed by atoms with van der Waals surface area (Å²) >= 11 is 5.07. The summed E-state index contributed by atoms with van der Waals surface area (Å²) in [6, 6.07) is -0.690. The number of aliphatic hydroxyl groups excluding tert-OH is 2.